The quantitative estimate of drug-likeness (QED) is 0.721. The van der Waals surface area contributed by atoms with E-state index in [1.165, 1.54) is 14.2 Å². The van der Waals surface area contributed by atoms with Crippen molar-refractivity contribution in [1.29, 1.82) is 0 Å². The topological polar surface area (TPSA) is 85.9 Å². The van der Waals surface area contributed by atoms with Crippen LogP contribution in [0.3, 0.4) is 0 Å². The van der Waals surface area contributed by atoms with Gasteiger partial charge >= 0.3 is 0 Å². The maximum absolute atomic E-state index is 12.9. The van der Waals surface area contributed by atoms with Crippen LogP contribution < -0.4 is 19.5 Å². The van der Waals surface area contributed by atoms with E-state index in [1.807, 2.05) is 0 Å². The Morgan fingerprint density at radius 3 is 2.21 bits per heavy atom. The molecule has 2 rings (SSSR count). The third-order valence-corrected chi connectivity index (χ3v) is 5.87. The molecule has 0 aromatic heterocycles. The first-order valence-corrected chi connectivity index (χ1v) is 9.37. The van der Waals surface area contributed by atoms with Gasteiger partial charge in [-0.05, 0) is 38.1 Å². The van der Waals surface area contributed by atoms with Crippen molar-refractivity contribution >= 4 is 10.0 Å². The zero-order chi connectivity index (χ0) is 17.6. The number of nitrogens with one attached hydrogen (secondary N) is 2. The summed E-state index contributed by atoms with van der Waals surface area (Å²) < 4.78 is 44.2. The van der Waals surface area contributed by atoms with Crippen LogP contribution in [0.15, 0.2) is 23.1 Å². The molecule has 0 radical (unpaired) electrons. The molecule has 1 saturated heterocycles. The molecule has 0 bridgehead atoms. The number of piperidine rings is 1. The summed E-state index contributed by atoms with van der Waals surface area (Å²) in [5.74, 6) is 0.515. The van der Waals surface area contributed by atoms with Crippen molar-refractivity contribution in [2.75, 3.05) is 47.6 Å². The molecule has 0 aliphatic carbocycles. The molecule has 1 fully saturated rings. The van der Waals surface area contributed by atoms with Gasteiger partial charge in [0.25, 0.3) is 0 Å². The maximum atomic E-state index is 12.9. The molecule has 24 heavy (non-hydrogen) atoms. The summed E-state index contributed by atoms with van der Waals surface area (Å²) in [6.45, 7) is 2.53. The molecule has 1 heterocycles. The van der Waals surface area contributed by atoms with Crippen LogP contribution in [-0.2, 0) is 14.8 Å². The van der Waals surface area contributed by atoms with Gasteiger partial charge in [-0.1, -0.05) is 6.07 Å². The van der Waals surface area contributed by atoms with E-state index in [0.29, 0.717) is 13.2 Å². The fourth-order valence-electron chi connectivity index (χ4n) is 3.04. The van der Waals surface area contributed by atoms with Crippen molar-refractivity contribution in [3.63, 3.8) is 0 Å². The maximum Gasteiger partial charge on any atom is 0.247 e. The van der Waals surface area contributed by atoms with Gasteiger partial charge in [-0.25, -0.2) is 13.1 Å². The molecule has 0 spiro atoms. The molecule has 1 aromatic rings. The molecule has 8 heteroatoms. The normalized spacial score (nSPS) is 17.5. The zero-order valence-corrected chi connectivity index (χ0v) is 15.2. The first-order chi connectivity index (χ1) is 11.5. The SMILES string of the molecule is COCC1(CNS(=O)(=O)c2c(OC)cccc2OC)CCNCC1. The summed E-state index contributed by atoms with van der Waals surface area (Å²) in [6, 6.07) is 4.90. The van der Waals surface area contributed by atoms with Crippen molar-refractivity contribution < 1.29 is 22.6 Å². The Labute approximate surface area is 143 Å². The van der Waals surface area contributed by atoms with Crippen molar-refractivity contribution in [3.05, 3.63) is 18.2 Å². The van der Waals surface area contributed by atoms with Crippen LogP contribution in [-0.4, -0.2) is 56.0 Å². The van der Waals surface area contributed by atoms with Gasteiger partial charge < -0.3 is 19.5 Å². The minimum atomic E-state index is -3.78. The molecule has 136 valence electrons. The number of methoxy groups -OCH3 is 3. The highest BCUT2D eigenvalue weighted by Gasteiger charge is 2.35. The summed E-state index contributed by atoms with van der Waals surface area (Å²) in [6.07, 6.45) is 1.71. The first-order valence-electron chi connectivity index (χ1n) is 7.88. The van der Waals surface area contributed by atoms with Gasteiger partial charge in [0.1, 0.15) is 11.5 Å². The lowest BCUT2D eigenvalue weighted by Gasteiger charge is -2.37. The Balaban J connectivity index is 2.25. The fourth-order valence-corrected chi connectivity index (χ4v) is 4.51. The number of rotatable bonds is 8. The Kier molecular flexibility index (Phi) is 6.45. The highest BCUT2D eigenvalue weighted by atomic mass is 32.2. The van der Waals surface area contributed by atoms with E-state index < -0.39 is 10.0 Å². The fraction of sp³-hybridized carbons (Fsp3) is 0.625. The lowest BCUT2D eigenvalue weighted by atomic mass is 9.80. The minimum Gasteiger partial charge on any atom is -0.495 e. The van der Waals surface area contributed by atoms with Gasteiger partial charge in [-0.3, -0.25) is 0 Å². The Morgan fingerprint density at radius 1 is 1.12 bits per heavy atom. The highest BCUT2D eigenvalue weighted by molar-refractivity contribution is 7.89. The molecule has 1 aromatic carbocycles. The van der Waals surface area contributed by atoms with E-state index in [4.69, 9.17) is 14.2 Å². The second-order valence-corrected chi connectivity index (χ2v) is 7.70. The predicted octanol–water partition coefficient (Wildman–Crippen LogP) is 0.998. The lowest BCUT2D eigenvalue weighted by Crippen LogP contribution is -2.47. The van der Waals surface area contributed by atoms with Crippen LogP contribution in [0.5, 0.6) is 11.5 Å². The molecule has 7 nitrogen and oxygen atoms in total. The van der Waals surface area contributed by atoms with Crippen LogP contribution in [0.1, 0.15) is 12.8 Å². The molecule has 0 amide bonds. The van der Waals surface area contributed by atoms with Crippen molar-refractivity contribution in [1.82, 2.24) is 10.0 Å². The second kappa shape index (κ2) is 8.15. The largest absolute Gasteiger partial charge is 0.495 e. The van der Waals surface area contributed by atoms with E-state index in [9.17, 15) is 8.42 Å². The zero-order valence-electron chi connectivity index (χ0n) is 14.4. The number of hydrogen-bond acceptors (Lipinski definition) is 6. The van der Waals surface area contributed by atoms with E-state index in [-0.39, 0.29) is 21.8 Å². The Bertz CT molecular complexity index is 614. The highest BCUT2D eigenvalue weighted by Crippen LogP contribution is 2.34. The molecule has 0 unspecified atom stereocenters. The first kappa shape index (κ1) is 19.0. The minimum absolute atomic E-state index is 0.0245. The summed E-state index contributed by atoms with van der Waals surface area (Å²) in [5.41, 5.74) is -0.206. The summed E-state index contributed by atoms with van der Waals surface area (Å²) >= 11 is 0. The monoisotopic (exact) mass is 358 g/mol. The van der Waals surface area contributed by atoms with Gasteiger partial charge in [-0.15, -0.1) is 0 Å². The standard InChI is InChI=1S/C16H26N2O5S/c1-21-12-16(7-9-17-10-8-16)11-18-24(19,20)15-13(22-2)5-4-6-14(15)23-3/h4-6,17-18H,7-12H2,1-3H3. The van der Waals surface area contributed by atoms with Gasteiger partial charge in [-0.2, -0.15) is 0 Å². The third kappa shape index (κ3) is 4.18. The lowest BCUT2D eigenvalue weighted by molar-refractivity contribution is 0.0577. The molecule has 0 saturated carbocycles. The number of benzene rings is 1. The average Bonchev–Trinajstić information content (AvgIpc) is 2.60. The van der Waals surface area contributed by atoms with Crippen molar-refractivity contribution in [3.8, 4) is 11.5 Å². The Hall–Kier alpha value is -1.35. The average molecular weight is 358 g/mol. The van der Waals surface area contributed by atoms with Gasteiger partial charge in [0, 0.05) is 19.1 Å². The van der Waals surface area contributed by atoms with E-state index in [2.05, 4.69) is 10.0 Å². The van der Waals surface area contributed by atoms with Crippen LogP contribution in [0.25, 0.3) is 0 Å². The molecular weight excluding hydrogens is 332 g/mol. The van der Waals surface area contributed by atoms with E-state index in [0.717, 1.165) is 25.9 Å². The number of ether oxygens (including phenoxy) is 3. The number of hydrogen-bond donors (Lipinski definition) is 2. The molecule has 0 atom stereocenters. The summed E-state index contributed by atoms with van der Waals surface area (Å²) in [4.78, 5) is 0.0245. The predicted molar refractivity (Wildman–Crippen MR) is 91.1 cm³/mol. The summed E-state index contributed by atoms with van der Waals surface area (Å²) in [5, 5.41) is 3.29. The van der Waals surface area contributed by atoms with Crippen LogP contribution in [0.2, 0.25) is 0 Å². The van der Waals surface area contributed by atoms with Gasteiger partial charge in [0.15, 0.2) is 4.90 Å². The smallest absolute Gasteiger partial charge is 0.247 e. The number of sulfonamides is 1. The van der Waals surface area contributed by atoms with Crippen molar-refractivity contribution in [2.24, 2.45) is 5.41 Å². The Morgan fingerprint density at radius 2 is 1.71 bits per heavy atom. The molecule has 1 aliphatic rings. The van der Waals surface area contributed by atoms with Crippen LogP contribution in [0, 0.1) is 5.41 Å². The third-order valence-electron chi connectivity index (χ3n) is 4.40. The molecular formula is C16H26N2O5S. The van der Waals surface area contributed by atoms with E-state index in [1.54, 1.807) is 25.3 Å². The van der Waals surface area contributed by atoms with Crippen molar-refractivity contribution in [2.45, 2.75) is 17.7 Å². The van der Waals surface area contributed by atoms with Crippen LogP contribution >= 0.6 is 0 Å². The van der Waals surface area contributed by atoms with E-state index >= 15 is 0 Å². The molecule has 2 N–H and O–H groups in total. The van der Waals surface area contributed by atoms with Gasteiger partial charge in [0.05, 0.1) is 20.8 Å². The van der Waals surface area contributed by atoms with Crippen LogP contribution in [0.4, 0.5) is 0 Å². The summed E-state index contributed by atoms with van der Waals surface area (Å²) in [7, 11) is 0.738. The van der Waals surface area contributed by atoms with Gasteiger partial charge in [0.2, 0.25) is 10.0 Å². The second-order valence-electron chi connectivity index (χ2n) is 6.00. The molecule has 1 aliphatic heterocycles.